The lowest BCUT2D eigenvalue weighted by atomic mass is 9.98. The Morgan fingerprint density at radius 1 is 0.761 bits per heavy atom. The van der Waals surface area contributed by atoms with E-state index in [0.29, 0.717) is 5.92 Å². The molecule has 0 bridgehead atoms. The Morgan fingerprint density at radius 3 is 1.61 bits per heavy atom. The molecule has 3 rings (SSSR count). The van der Waals surface area contributed by atoms with E-state index in [2.05, 4.69) is 122 Å². The van der Waals surface area contributed by atoms with Gasteiger partial charge in [-0.1, -0.05) is 182 Å². The number of rotatable bonds is 13. The number of hydrogen-bond acceptors (Lipinski definition) is 2. The summed E-state index contributed by atoms with van der Waals surface area (Å²) in [5.41, 5.74) is 12.5. The number of hydrogen-bond donors (Lipinski definition) is 2. The van der Waals surface area contributed by atoms with Crippen LogP contribution in [0.2, 0.25) is 0 Å². The summed E-state index contributed by atoms with van der Waals surface area (Å²) in [5, 5.41) is 7.96. The van der Waals surface area contributed by atoms with Gasteiger partial charge in [0.25, 0.3) is 0 Å². The second-order valence-corrected chi connectivity index (χ2v) is 11.3. The Balaban J connectivity index is -0.000000280. The summed E-state index contributed by atoms with van der Waals surface area (Å²) in [6.45, 7) is 28.7. The molecule has 2 nitrogen and oxygen atoms in total. The van der Waals surface area contributed by atoms with Crippen molar-refractivity contribution in [3.8, 4) is 0 Å². The molecule has 0 atom stereocenters. The van der Waals surface area contributed by atoms with Crippen LogP contribution in [0.4, 0.5) is 0 Å². The fourth-order valence-electron chi connectivity index (χ4n) is 3.87. The number of unbranched alkanes of at least 4 members (excludes halogenated alkanes) is 6. The first-order chi connectivity index (χ1) is 22.3. The van der Waals surface area contributed by atoms with Crippen molar-refractivity contribution in [2.75, 3.05) is 0 Å². The van der Waals surface area contributed by atoms with E-state index in [1.807, 2.05) is 27.7 Å². The average Bonchev–Trinajstić information content (AvgIpc) is 3.95. The smallest absolute Gasteiger partial charge is 0.0158 e. The number of aryl methyl sites for hydroxylation is 4. The molecule has 0 spiro atoms. The Bertz CT molecular complexity index is 910. The fraction of sp³-hybridized carbons (Fsp3) is 0.614. The largest absolute Gasteiger partial charge is 0.405 e. The lowest BCUT2D eigenvalue weighted by Gasteiger charge is -2.08. The van der Waals surface area contributed by atoms with Crippen molar-refractivity contribution >= 4 is 11.8 Å². The van der Waals surface area contributed by atoms with E-state index in [9.17, 15) is 0 Å². The summed E-state index contributed by atoms with van der Waals surface area (Å²) in [7, 11) is 0. The van der Waals surface area contributed by atoms with E-state index in [1.165, 1.54) is 111 Å². The minimum atomic E-state index is 0.598. The highest BCUT2D eigenvalue weighted by Gasteiger charge is 2.24. The molecule has 0 radical (unpaired) electrons. The van der Waals surface area contributed by atoms with E-state index in [1.54, 1.807) is 0 Å². The van der Waals surface area contributed by atoms with Crippen LogP contribution in [0.25, 0.3) is 6.08 Å². The molecular weight excluding hydrogens is 556 g/mol. The second-order valence-electron chi connectivity index (χ2n) is 11.3. The minimum Gasteiger partial charge on any atom is -0.405 e. The third-order valence-corrected chi connectivity index (χ3v) is 7.26. The average molecular weight is 637 g/mol. The number of nitrogens with one attached hydrogen (secondary N) is 1. The summed E-state index contributed by atoms with van der Waals surface area (Å²) in [6, 6.07) is 15.2. The van der Waals surface area contributed by atoms with Gasteiger partial charge in [-0.15, -0.1) is 0 Å². The van der Waals surface area contributed by atoms with Crippen LogP contribution in [0.15, 0.2) is 61.3 Å². The van der Waals surface area contributed by atoms with E-state index in [4.69, 9.17) is 5.41 Å². The van der Waals surface area contributed by atoms with Crippen LogP contribution in [-0.2, 0) is 12.8 Å². The molecule has 2 heteroatoms. The molecule has 266 valence electrons. The normalized spacial score (nSPS) is 10.7. The Hall–Kier alpha value is -2.61. The highest BCUT2D eigenvalue weighted by atomic mass is 14.5. The van der Waals surface area contributed by atoms with Gasteiger partial charge in [-0.25, -0.2) is 0 Å². The Morgan fingerprint density at radius 2 is 1.24 bits per heavy atom. The van der Waals surface area contributed by atoms with Crippen molar-refractivity contribution in [3.05, 3.63) is 89.1 Å². The molecule has 1 aliphatic rings. The van der Waals surface area contributed by atoms with Crippen LogP contribution in [0, 0.1) is 25.2 Å². The summed E-state index contributed by atoms with van der Waals surface area (Å²) in [5.74, 6) is 0.598. The number of allylic oxidation sites excluding steroid dienone is 1. The van der Waals surface area contributed by atoms with E-state index in [0.717, 1.165) is 18.6 Å². The molecule has 1 aliphatic carbocycles. The second kappa shape index (κ2) is 40.4. The predicted molar refractivity (Wildman–Crippen MR) is 217 cm³/mol. The van der Waals surface area contributed by atoms with Gasteiger partial charge in [-0.2, -0.15) is 0 Å². The molecule has 0 unspecified atom stereocenters. The van der Waals surface area contributed by atoms with Gasteiger partial charge in [-0.3, -0.25) is 0 Å². The van der Waals surface area contributed by atoms with E-state index < -0.39 is 0 Å². The standard InChI is InChI=1S/C19H27N.C8H10.C7H16.C4H10.C2H5N.2C2H6/c1-3-5-7-16-11-10-15(4-2)14-18(16)8-6-9-19(20)17-12-13-17;1-7-5-3-4-6-8(7)2;1-3-5-7-6-4-2;1-3-4-2;1-2-3;2*1-2/h6,8,10-11,14,17,20H,3-5,7,9,12-13H2,1-2H3;3-6H,1-2H3;3-7H2,1-2H3;3-4H2,1-2H3;2H,1,3H2;2*1-2H3/b8-6+,20-19?;;;;;;. The molecule has 46 heavy (non-hydrogen) atoms. The molecular formula is C44H80N2. The summed E-state index contributed by atoms with van der Waals surface area (Å²) in [4.78, 5) is 0. The number of benzene rings is 2. The van der Waals surface area contributed by atoms with Crippen LogP contribution in [0.3, 0.4) is 0 Å². The Kier molecular flexibility index (Phi) is 44.1. The van der Waals surface area contributed by atoms with Crippen LogP contribution in [0.1, 0.15) is 174 Å². The third kappa shape index (κ3) is 32.8. The van der Waals surface area contributed by atoms with Gasteiger partial charge in [0.05, 0.1) is 0 Å². The maximum Gasteiger partial charge on any atom is 0.0158 e. The SMILES string of the molecule is C=CN.CC.CC.CCCC.CCCCCCC.CCCCc1ccc(CC)cc1/C=C/CC(=N)C1CC1.Cc1ccccc1C. The van der Waals surface area contributed by atoms with E-state index >= 15 is 0 Å². The molecule has 1 saturated carbocycles. The first-order valence-corrected chi connectivity index (χ1v) is 19.0. The topological polar surface area (TPSA) is 49.9 Å². The third-order valence-electron chi connectivity index (χ3n) is 7.26. The summed E-state index contributed by atoms with van der Waals surface area (Å²) < 4.78 is 0. The molecule has 0 aliphatic heterocycles. The first-order valence-electron chi connectivity index (χ1n) is 19.0. The van der Waals surface area contributed by atoms with Gasteiger partial charge in [0.1, 0.15) is 0 Å². The van der Waals surface area contributed by atoms with Gasteiger partial charge < -0.3 is 11.1 Å². The molecule has 2 aromatic carbocycles. The van der Waals surface area contributed by atoms with Crippen LogP contribution in [0.5, 0.6) is 0 Å². The molecule has 0 amide bonds. The van der Waals surface area contributed by atoms with Gasteiger partial charge in [0.15, 0.2) is 0 Å². The van der Waals surface area contributed by atoms with Gasteiger partial charge in [-0.05, 0) is 85.9 Å². The zero-order valence-corrected chi connectivity index (χ0v) is 33.0. The highest BCUT2D eigenvalue weighted by molar-refractivity contribution is 5.87. The van der Waals surface area contributed by atoms with Crippen LogP contribution < -0.4 is 5.73 Å². The molecule has 1 fully saturated rings. The van der Waals surface area contributed by atoms with Crippen molar-refractivity contribution in [3.63, 3.8) is 0 Å². The molecule has 0 aromatic heterocycles. The highest BCUT2D eigenvalue weighted by Crippen LogP contribution is 2.31. The van der Waals surface area contributed by atoms with Crippen molar-refractivity contribution in [1.29, 1.82) is 5.41 Å². The lowest BCUT2D eigenvalue weighted by molar-refractivity contribution is 0.656. The van der Waals surface area contributed by atoms with Gasteiger partial charge in [0.2, 0.25) is 0 Å². The quantitative estimate of drug-likeness (QED) is 0.167. The monoisotopic (exact) mass is 637 g/mol. The molecule has 2 aromatic rings. The van der Waals surface area contributed by atoms with Crippen molar-refractivity contribution < 1.29 is 0 Å². The summed E-state index contributed by atoms with van der Waals surface area (Å²) >= 11 is 0. The fourth-order valence-corrected chi connectivity index (χ4v) is 3.87. The van der Waals surface area contributed by atoms with Crippen molar-refractivity contribution in [1.82, 2.24) is 0 Å². The lowest BCUT2D eigenvalue weighted by Crippen LogP contribution is -1.96. The number of nitrogens with two attached hydrogens (primary N) is 1. The molecule has 0 heterocycles. The predicted octanol–water partition coefficient (Wildman–Crippen LogP) is 14.7. The van der Waals surface area contributed by atoms with Crippen LogP contribution >= 0.6 is 0 Å². The van der Waals surface area contributed by atoms with Crippen molar-refractivity contribution in [2.24, 2.45) is 11.7 Å². The maximum atomic E-state index is 7.96. The molecule has 0 saturated heterocycles. The molecule has 3 N–H and O–H groups in total. The van der Waals surface area contributed by atoms with Crippen molar-refractivity contribution in [2.45, 2.75) is 173 Å². The summed E-state index contributed by atoms with van der Waals surface area (Å²) in [6.07, 6.45) is 23.4. The maximum absolute atomic E-state index is 7.96. The zero-order valence-electron chi connectivity index (χ0n) is 33.0. The van der Waals surface area contributed by atoms with E-state index in [-0.39, 0.29) is 0 Å². The van der Waals surface area contributed by atoms with Gasteiger partial charge in [0, 0.05) is 12.1 Å². The first kappa shape index (κ1) is 50.3. The Labute approximate surface area is 290 Å². The minimum absolute atomic E-state index is 0.598. The van der Waals surface area contributed by atoms with Gasteiger partial charge >= 0.3 is 0 Å². The zero-order chi connectivity index (χ0) is 36.0. The van der Waals surface area contributed by atoms with Crippen LogP contribution in [-0.4, -0.2) is 5.71 Å².